The van der Waals surface area contributed by atoms with Crippen LogP contribution in [-0.2, 0) is 9.68 Å². The predicted molar refractivity (Wildman–Crippen MR) is 79.5 cm³/mol. The van der Waals surface area contributed by atoms with Gasteiger partial charge in [-0.05, 0) is 26.3 Å². The molecule has 5 heteroatoms. The molecule has 1 rings (SSSR count). The molecule has 116 valence electrons. The first-order valence-electron chi connectivity index (χ1n) is 7.52. The first kappa shape index (κ1) is 17.1. The highest BCUT2D eigenvalue weighted by Gasteiger charge is 2.23. The van der Waals surface area contributed by atoms with Crippen LogP contribution in [0, 0.1) is 0 Å². The molecule has 0 saturated heterocycles. The second-order valence-electron chi connectivity index (χ2n) is 5.53. The number of rotatable bonds is 9. The number of amides is 1. The summed E-state index contributed by atoms with van der Waals surface area (Å²) >= 11 is 0. The van der Waals surface area contributed by atoms with E-state index in [1.807, 2.05) is 11.9 Å². The molecular formula is C15H28N2O3. The van der Waals surface area contributed by atoms with Crippen molar-refractivity contribution in [2.45, 2.75) is 45.1 Å². The summed E-state index contributed by atoms with van der Waals surface area (Å²) in [6.07, 6.45) is 9.77. The fourth-order valence-corrected chi connectivity index (χ4v) is 2.68. The highest BCUT2D eigenvalue weighted by molar-refractivity contribution is 5.73. The van der Waals surface area contributed by atoms with E-state index in [4.69, 9.17) is 5.26 Å². The molecule has 0 heterocycles. The van der Waals surface area contributed by atoms with Crippen LogP contribution in [0.5, 0.6) is 0 Å². The van der Waals surface area contributed by atoms with Crippen molar-refractivity contribution >= 4 is 5.91 Å². The molecule has 0 atom stereocenters. The van der Waals surface area contributed by atoms with Gasteiger partial charge < -0.3 is 9.80 Å². The van der Waals surface area contributed by atoms with Crippen molar-refractivity contribution < 1.29 is 14.9 Å². The normalized spacial score (nSPS) is 16.4. The molecule has 1 N–H and O–H groups in total. The number of nitrogens with zero attached hydrogens (tertiary/aromatic N) is 2. The minimum Gasteiger partial charge on any atom is -0.336 e. The maximum atomic E-state index is 11.7. The van der Waals surface area contributed by atoms with Crippen molar-refractivity contribution in [3.8, 4) is 0 Å². The van der Waals surface area contributed by atoms with Gasteiger partial charge in [0.1, 0.15) is 0 Å². The van der Waals surface area contributed by atoms with Crippen LogP contribution in [0.3, 0.4) is 0 Å². The molecule has 1 saturated carbocycles. The molecular weight excluding hydrogens is 256 g/mol. The molecule has 1 aliphatic carbocycles. The second kappa shape index (κ2) is 9.91. The molecule has 0 aromatic carbocycles. The van der Waals surface area contributed by atoms with Gasteiger partial charge in [-0.15, -0.1) is 0 Å². The van der Waals surface area contributed by atoms with Crippen molar-refractivity contribution in [2.75, 3.05) is 33.3 Å². The average Bonchev–Trinajstić information content (AvgIpc) is 2.92. The Kier molecular flexibility index (Phi) is 8.49. The van der Waals surface area contributed by atoms with E-state index in [1.54, 1.807) is 6.92 Å². The van der Waals surface area contributed by atoms with Gasteiger partial charge in [0.25, 0.3) is 0 Å². The summed E-state index contributed by atoms with van der Waals surface area (Å²) in [6, 6.07) is 0.441. The maximum absolute atomic E-state index is 11.7. The SMILES string of the molecule is CC(=O)N(C/C=C/CN(C)CCCOO)C1CCCC1. The van der Waals surface area contributed by atoms with Crippen LogP contribution in [0.25, 0.3) is 0 Å². The Labute approximate surface area is 122 Å². The fourth-order valence-electron chi connectivity index (χ4n) is 2.68. The highest BCUT2D eigenvalue weighted by atomic mass is 17.1. The zero-order chi connectivity index (χ0) is 14.8. The molecule has 1 aliphatic rings. The third-order valence-corrected chi connectivity index (χ3v) is 3.83. The van der Waals surface area contributed by atoms with Gasteiger partial charge in [0, 0.05) is 32.6 Å². The molecule has 0 spiro atoms. The monoisotopic (exact) mass is 284 g/mol. The van der Waals surface area contributed by atoms with Crippen molar-refractivity contribution in [2.24, 2.45) is 0 Å². The van der Waals surface area contributed by atoms with Gasteiger partial charge in [-0.25, -0.2) is 4.89 Å². The van der Waals surface area contributed by atoms with Crippen molar-refractivity contribution in [3.63, 3.8) is 0 Å². The summed E-state index contributed by atoms with van der Waals surface area (Å²) in [7, 11) is 2.03. The molecule has 20 heavy (non-hydrogen) atoms. The third kappa shape index (κ3) is 6.50. The molecule has 1 amide bonds. The molecule has 0 unspecified atom stereocenters. The van der Waals surface area contributed by atoms with Crippen LogP contribution >= 0.6 is 0 Å². The van der Waals surface area contributed by atoms with Gasteiger partial charge in [-0.1, -0.05) is 25.0 Å². The van der Waals surface area contributed by atoms with Crippen LogP contribution < -0.4 is 0 Å². The van der Waals surface area contributed by atoms with Gasteiger partial charge >= 0.3 is 0 Å². The number of hydrogen-bond donors (Lipinski definition) is 1. The zero-order valence-corrected chi connectivity index (χ0v) is 12.8. The van der Waals surface area contributed by atoms with Crippen LogP contribution in [0.15, 0.2) is 12.2 Å². The van der Waals surface area contributed by atoms with Gasteiger partial charge in [0.2, 0.25) is 5.91 Å². The highest BCUT2D eigenvalue weighted by Crippen LogP contribution is 2.23. The first-order chi connectivity index (χ1) is 9.65. The Balaban J connectivity index is 2.24. The number of hydrogen-bond acceptors (Lipinski definition) is 4. The lowest BCUT2D eigenvalue weighted by Crippen LogP contribution is -2.37. The minimum absolute atomic E-state index is 0.176. The van der Waals surface area contributed by atoms with Crippen molar-refractivity contribution in [1.82, 2.24) is 9.80 Å². The minimum atomic E-state index is 0.176. The molecule has 0 aromatic rings. The van der Waals surface area contributed by atoms with Crippen LogP contribution in [0.4, 0.5) is 0 Å². The van der Waals surface area contributed by atoms with Crippen LogP contribution in [-0.4, -0.2) is 60.3 Å². The van der Waals surface area contributed by atoms with Gasteiger partial charge in [0.15, 0.2) is 0 Å². The van der Waals surface area contributed by atoms with E-state index >= 15 is 0 Å². The molecule has 0 radical (unpaired) electrons. The Bertz CT molecular complexity index is 301. The van der Waals surface area contributed by atoms with E-state index in [2.05, 4.69) is 21.9 Å². The Morgan fingerprint density at radius 1 is 1.30 bits per heavy atom. The summed E-state index contributed by atoms with van der Waals surface area (Å²) in [4.78, 5) is 19.9. The van der Waals surface area contributed by atoms with Gasteiger partial charge in [-0.2, -0.15) is 0 Å². The fraction of sp³-hybridized carbons (Fsp3) is 0.800. The lowest BCUT2D eigenvalue weighted by atomic mass is 10.2. The summed E-state index contributed by atoms with van der Waals surface area (Å²) < 4.78 is 0. The molecule has 5 nitrogen and oxygen atoms in total. The van der Waals surface area contributed by atoms with Gasteiger partial charge in [-0.3, -0.25) is 10.1 Å². The Hall–Kier alpha value is -0.910. The van der Waals surface area contributed by atoms with E-state index in [-0.39, 0.29) is 5.91 Å². The standard InChI is InChI=1S/C15H28N2O3/c1-14(18)17(15-8-3-4-9-15)12-6-5-10-16(2)11-7-13-20-19/h5-6,15,19H,3-4,7-13H2,1-2H3/b6-5+. The molecule has 1 fully saturated rings. The first-order valence-corrected chi connectivity index (χ1v) is 7.52. The van der Waals surface area contributed by atoms with E-state index in [0.29, 0.717) is 19.2 Å². The van der Waals surface area contributed by atoms with Crippen LogP contribution in [0.2, 0.25) is 0 Å². The van der Waals surface area contributed by atoms with E-state index in [0.717, 1.165) is 32.4 Å². The van der Waals surface area contributed by atoms with E-state index < -0.39 is 0 Å². The van der Waals surface area contributed by atoms with E-state index in [9.17, 15) is 4.79 Å². The topological polar surface area (TPSA) is 53.0 Å². The molecule has 0 bridgehead atoms. The van der Waals surface area contributed by atoms with E-state index in [1.165, 1.54) is 12.8 Å². The predicted octanol–water partition coefficient (Wildman–Crippen LogP) is 2.15. The van der Waals surface area contributed by atoms with Crippen molar-refractivity contribution in [3.05, 3.63) is 12.2 Å². The Morgan fingerprint density at radius 3 is 2.55 bits per heavy atom. The van der Waals surface area contributed by atoms with Crippen molar-refractivity contribution in [1.29, 1.82) is 0 Å². The smallest absolute Gasteiger partial charge is 0.219 e. The Morgan fingerprint density at radius 2 is 1.95 bits per heavy atom. The summed E-state index contributed by atoms with van der Waals surface area (Å²) in [6.45, 7) is 4.47. The lowest BCUT2D eigenvalue weighted by molar-refractivity contribution is -0.242. The number of carbonyl (C=O) groups excluding carboxylic acids is 1. The summed E-state index contributed by atoms with van der Waals surface area (Å²) in [5.74, 6) is 0.176. The van der Waals surface area contributed by atoms with Gasteiger partial charge in [0.05, 0.1) is 6.61 Å². The maximum Gasteiger partial charge on any atom is 0.219 e. The summed E-state index contributed by atoms with van der Waals surface area (Å²) in [5, 5.41) is 8.24. The third-order valence-electron chi connectivity index (χ3n) is 3.83. The zero-order valence-electron chi connectivity index (χ0n) is 12.8. The molecule has 0 aliphatic heterocycles. The second-order valence-corrected chi connectivity index (χ2v) is 5.53. The summed E-state index contributed by atoms with van der Waals surface area (Å²) in [5.41, 5.74) is 0. The quantitative estimate of drug-likeness (QED) is 0.305. The molecule has 0 aromatic heterocycles. The number of likely N-dealkylation sites (N-methyl/N-ethyl adjacent to an activating group) is 1. The largest absolute Gasteiger partial charge is 0.336 e. The number of carbonyl (C=O) groups is 1. The average molecular weight is 284 g/mol. The van der Waals surface area contributed by atoms with Crippen LogP contribution in [0.1, 0.15) is 39.0 Å². The lowest BCUT2D eigenvalue weighted by Gasteiger charge is -2.26.